The van der Waals surface area contributed by atoms with E-state index >= 15 is 0 Å². The molecule has 196 valence electrons. The molecule has 1 aromatic rings. The summed E-state index contributed by atoms with van der Waals surface area (Å²) < 4.78 is 14.8. The van der Waals surface area contributed by atoms with Gasteiger partial charge >= 0.3 is 0 Å². The van der Waals surface area contributed by atoms with Crippen LogP contribution in [0, 0.1) is 28.1 Å². The number of phenolic OH excluding ortho intramolecular Hbond substituents is 1. The Bertz CT molecular complexity index is 1200. The second-order valence-corrected chi connectivity index (χ2v) is 15.8. The molecule has 2 N–H and O–H groups in total. The zero-order chi connectivity index (χ0) is 25.3. The highest BCUT2D eigenvalue weighted by Gasteiger charge is 2.92. The number of aliphatic hydroxyl groups is 1. The van der Waals surface area contributed by atoms with Crippen molar-refractivity contribution in [3.05, 3.63) is 23.3 Å². The van der Waals surface area contributed by atoms with E-state index in [1.165, 1.54) is 41.5 Å². The van der Waals surface area contributed by atoms with Crippen molar-refractivity contribution in [2.24, 2.45) is 28.1 Å². The number of nitrogens with zero attached hydrogens (tertiary/aromatic N) is 1. The number of likely N-dealkylation sites (tertiary alicyclic amines) is 1. The third-order valence-electron chi connectivity index (χ3n) is 13.3. The highest BCUT2D eigenvalue weighted by molar-refractivity contribution is 5.64. The first kappa shape index (κ1) is 22.7. The van der Waals surface area contributed by atoms with E-state index in [0.717, 1.165) is 43.8 Å². The molecular weight excluding hydrogens is 450 g/mol. The van der Waals surface area contributed by atoms with E-state index in [1.54, 1.807) is 0 Å². The van der Waals surface area contributed by atoms with E-state index < -0.39 is 11.2 Å². The molecule has 0 aromatic heterocycles. The predicted molar refractivity (Wildman–Crippen MR) is 137 cm³/mol. The molecule has 2 heterocycles. The molecule has 5 nitrogen and oxygen atoms in total. The van der Waals surface area contributed by atoms with Gasteiger partial charge in [-0.1, -0.05) is 26.8 Å². The van der Waals surface area contributed by atoms with Crippen LogP contribution in [0.25, 0.3) is 0 Å². The molecule has 0 radical (unpaired) electrons. The topological polar surface area (TPSA) is 58.9 Å². The van der Waals surface area contributed by atoms with Gasteiger partial charge in [0.2, 0.25) is 0 Å². The highest BCUT2D eigenvalue weighted by atomic mass is 16.6. The molecule has 6 aliphatic carbocycles. The molecule has 0 amide bonds. The van der Waals surface area contributed by atoms with Crippen molar-refractivity contribution in [1.82, 2.24) is 0 Å². The van der Waals surface area contributed by atoms with Crippen LogP contribution in [0.4, 0.5) is 0 Å². The van der Waals surface area contributed by atoms with Crippen molar-refractivity contribution in [3.63, 3.8) is 0 Å². The van der Waals surface area contributed by atoms with Gasteiger partial charge in [-0.05, 0) is 68.9 Å². The lowest BCUT2D eigenvalue weighted by atomic mass is 9.38. The minimum Gasteiger partial charge on any atom is -0.504 e. The van der Waals surface area contributed by atoms with E-state index in [2.05, 4.69) is 40.8 Å². The quantitative estimate of drug-likeness (QED) is 0.603. The van der Waals surface area contributed by atoms with Gasteiger partial charge < -0.3 is 24.2 Å². The minimum atomic E-state index is -0.908. The Labute approximate surface area is 215 Å². The molecule has 4 bridgehead atoms. The van der Waals surface area contributed by atoms with Crippen molar-refractivity contribution in [3.8, 4) is 11.5 Å². The number of fused-ring (bicyclic) bond motifs is 2. The van der Waals surface area contributed by atoms with Crippen LogP contribution >= 0.6 is 0 Å². The zero-order valence-electron chi connectivity index (χ0n) is 23.0. The van der Waals surface area contributed by atoms with Gasteiger partial charge in [-0.15, -0.1) is 0 Å². The summed E-state index contributed by atoms with van der Waals surface area (Å²) in [5.41, 5.74) is 1.19. The summed E-state index contributed by atoms with van der Waals surface area (Å²) in [7, 11) is 4.40. The predicted octanol–water partition coefficient (Wildman–Crippen LogP) is 4.56. The van der Waals surface area contributed by atoms with Crippen LogP contribution in [0.5, 0.6) is 11.5 Å². The zero-order valence-corrected chi connectivity index (χ0v) is 23.0. The molecule has 3 spiro atoms. The van der Waals surface area contributed by atoms with Gasteiger partial charge in [-0.25, -0.2) is 0 Å². The second kappa shape index (κ2) is 5.97. The summed E-state index contributed by atoms with van der Waals surface area (Å²) in [5, 5.41) is 23.4. The van der Waals surface area contributed by atoms with Gasteiger partial charge in [0.1, 0.15) is 17.7 Å². The van der Waals surface area contributed by atoms with Gasteiger partial charge in [0.25, 0.3) is 0 Å². The molecule has 9 atom stereocenters. The number of hydrogen-bond donors (Lipinski definition) is 2. The van der Waals surface area contributed by atoms with Crippen molar-refractivity contribution >= 4 is 0 Å². The molecule has 36 heavy (non-hydrogen) atoms. The SMILES string of the molecule is CO[C@@]12CCC3(CC1[C@](C)(O)C(C)(C)C)[C@H]1[C@]4(Cc5ccc(O)c6c5[C@@]3(C4)C2O6)C[N+]1(C)CC1CC1. The summed E-state index contributed by atoms with van der Waals surface area (Å²) >= 11 is 0. The Balaban J connectivity index is 1.41. The molecular formula is C31H44NO4+. The number of benzene rings is 1. The highest BCUT2D eigenvalue weighted by Crippen LogP contribution is 2.85. The number of rotatable bonds is 4. The maximum absolute atomic E-state index is 12.3. The Morgan fingerprint density at radius 3 is 2.58 bits per heavy atom. The average Bonchev–Trinajstić information content (AvgIpc) is 3.47. The van der Waals surface area contributed by atoms with E-state index in [1.807, 2.05) is 13.2 Å². The molecule has 1 saturated heterocycles. The molecule has 5 saturated carbocycles. The Morgan fingerprint density at radius 2 is 1.92 bits per heavy atom. The number of aromatic hydroxyl groups is 1. The fraction of sp³-hybridized carbons (Fsp3) is 0.806. The standard InChI is InChI=1S/C31H43NO4/c1-26(2,3)27(4,34)21-14-29-11-12-31(21,35-6)25-30(29)16-28(17-32(5,24(28)29)15-18-7-8-18)13-19-9-10-20(33)23(36-25)22(19)30/h9-10,18,21,24-25,34H,7-8,11-17H2,1-6H3/p+1/t21?,24-,25?,27+,28+,29?,30+,31+,32?/m1/s1. The maximum Gasteiger partial charge on any atom is 0.165 e. The monoisotopic (exact) mass is 494 g/mol. The third kappa shape index (κ3) is 2.08. The van der Waals surface area contributed by atoms with Crippen LogP contribution in [0.2, 0.25) is 0 Å². The number of quaternary nitrogens is 1. The van der Waals surface area contributed by atoms with Crippen LogP contribution < -0.4 is 4.74 Å². The van der Waals surface area contributed by atoms with Gasteiger partial charge in [0.05, 0.1) is 36.6 Å². The average molecular weight is 495 g/mol. The van der Waals surface area contributed by atoms with Gasteiger partial charge in [-0.3, -0.25) is 0 Å². The summed E-state index contributed by atoms with van der Waals surface area (Å²) in [6.45, 7) is 11.1. The Hall–Kier alpha value is -1.30. The molecule has 2 aliphatic heterocycles. The molecule has 5 heteroatoms. The third-order valence-corrected chi connectivity index (χ3v) is 13.3. The fourth-order valence-electron chi connectivity index (χ4n) is 12.1. The lowest BCUT2D eigenvalue weighted by molar-refractivity contribution is -1.00. The van der Waals surface area contributed by atoms with E-state index in [-0.39, 0.29) is 34.0 Å². The van der Waals surface area contributed by atoms with Crippen molar-refractivity contribution < 1.29 is 24.2 Å². The summed E-state index contributed by atoms with van der Waals surface area (Å²) in [6, 6.07) is 4.66. The van der Waals surface area contributed by atoms with Gasteiger partial charge in [0.15, 0.2) is 11.5 Å². The summed E-state index contributed by atoms with van der Waals surface area (Å²) in [6.07, 6.45) is 7.95. The molecule has 9 rings (SSSR count). The van der Waals surface area contributed by atoms with Crippen LogP contribution in [-0.2, 0) is 16.6 Å². The van der Waals surface area contributed by atoms with E-state index in [9.17, 15) is 10.2 Å². The van der Waals surface area contributed by atoms with Gasteiger partial charge in [0, 0.05) is 29.9 Å². The second-order valence-electron chi connectivity index (χ2n) is 15.8. The van der Waals surface area contributed by atoms with E-state index in [4.69, 9.17) is 9.47 Å². The van der Waals surface area contributed by atoms with Crippen LogP contribution in [0.1, 0.15) is 77.3 Å². The largest absolute Gasteiger partial charge is 0.504 e. The fourth-order valence-corrected chi connectivity index (χ4v) is 12.1. The lowest BCUT2D eigenvalue weighted by Gasteiger charge is -2.71. The van der Waals surface area contributed by atoms with Crippen LogP contribution in [0.15, 0.2) is 12.1 Å². The first-order valence-electron chi connectivity index (χ1n) is 14.4. The first-order valence-corrected chi connectivity index (χ1v) is 14.4. The number of hydrogen-bond acceptors (Lipinski definition) is 4. The summed E-state index contributed by atoms with van der Waals surface area (Å²) in [4.78, 5) is 0. The van der Waals surface area contributed by atoms with Crippen LogP contribution in [-0.4, -0.2) is 65.3 Å². The van der Waals surface area contributed by atoms with Crippen molar-refractivity contribution in [2.75, 3.05) is 27.2 Å². The molecule has 6 fully saturated rings. The summed E-state index contributed by atoms with van der Waals surface area (Å²) in [5.74, 6) is 1.88. The first-order chi connectivity index (χ1) is 16.8. The Morgan fingerprint density at radius 1 is 1.17 bits per heavy atom. The molecule has 1 aromatic carbocycles. The minimum absolute atomic E-state index is 0.0225. The van der Waals surface area contributed by atoms with Gasteiger partial charge in [-0.2, -0.15) is 0 Å². The van der Waals surface area contributed by atoms with Crippen LogP contribution in [0.3, 0.4) is 0 Å². The number of ether oxygens (including phenoxy) is 2. The van der Waals surface area contributed by atoms with Crippen molar-refractivity contribution in [2.45, 2.75) is 101 Å². The maximum atomic E-state index is 12.3. The lowest BCUT2D eigenvalue weighted by Crippen LogP contribution is -2.82. The smallest absolute Gasteiger partial charge is 0.165 e. The Kier molecular flexibility index (Phi) is 3.76. The number of methoxy groups -OCH3 is 1. The normalized spacial score (nSPS) is 50.7. The van der Waals surface area contributed by atoms with Crippen molar-refractivity contribution in [1.29, 1.82) is 0 Å². The van der Waals surface area contributed by atoms with E-state index in [0.29, 0.717) is 11.5 Å². The number of phenols is 1. The molecule has 8 aliphatic rings. The molecule has 4 unspecified atom stereocenters.